The van der Waals surface area contributed by atoms with Crippen molar-refractivity contribution < 1.29 is 19.1 Å². The van der Waals surface area contributed by atoms with Crippen LogP contribution in [0.3, 0.4) is 0 Å². The molecule has 1 aromatic heterocycles. The summed E-state index contributed by atoms with van der Waals surface area (Å²) in [6, 6.07) is 8.81. The number of anilines is 1. The zero-order valence-corrected chi connectivity index (χ0v) is 17.6. The Morgan fingerprint density at radius 3 is 2.48 bits per heavy atom. The summed E-state index contributed by atoms with van der Waals surface area (Å²) in [6.07, 6.45) is 4.20. The van der Waals surface area contributed by atoms with Gasteiger partial charge in [-0.1, -0.05) is 25.0 Å². The zero-order chi connectivity index (χ0) is 20.8. The summed E-state index contributed by atoms with van der Waals surface area (Å²) in [4.78, 5) is 37.7. The lowest BCUT2D eigenvalue weighted by atomic mass is 10.1. The fourth-order valence-corrected chi connectivity index (χ4v) is 4.33. The normalized spacial score (nSPS) is 13.9. The van der Waals surface area contributed by atoms with Crippen LogP contribution < -0.4 is 10.6 Å². The number of aryl methyl sites for hydroxylation is 1. The molecule has 1 aliphatic rings. The van der Waals surface area contributed by atoms with Crippen molar-refractivity contribution in [2.45, 2.75) is 46.1 Å². The van der Waals surface area contributed by atoms with E-state index in [1.165, 1.54) is 11.3 Å². The number of hydrogen-bond donors (Lipinski definition) is 2. The largest absolute Gasteiger partial charge is 0.462 e. The van der Waals surface area contributed by atoms with Crippen molar-refractivity contribution in [3.8, 4) is 0 Å². The van der Waals surface area contributed by atoms with Crippen molar-refractivity contribution in [1.82, 2.24) is 5.32 Å². The first kappa shape index (κ1) is 21.0. The third kappa shape index (κ3) is 5.44. The van der Waals surface area contributed by atoms with Gasteiger partial charge in [0.15, 0.2) is 0 Å². The number of carbonyl (C=O) groups excluding carboxylic acids is 3. The molecule has 0 radical (unpaired) electrons. The van der Waals surface area contributed by atoms with Crippen molar-refractivity contribution in [2.24, 2.45) is 5.92 Å². The number of benzene rings is 1. The molecule has 1 saturated carbocycles. The molecular formula is C22H26N2O4S. The molecular weight excluding hydrogens is 388 g/mol. The average molecular weight is 415 g/mol. The van der Waals surface area contributed by atoms with E-state index in [0.29, 0.717) is 22.7 Å². The van der Waals surface area contributed by atoms with Crippen molar-refractivity contribution in [2.75, 3.05) is 11.9 Å². The van der Waals surface area contributed by atoms with Crippen LogP contribution in [-0.4, -0.2) is 24.4 Å². The van der Waals surface area contributed by atoms with Gasteiger partial charge in [0.2, 0.25) is 5.91 Å². The maximum absolute atomic E-state index is 12.6. The highest BCUT2D eigenvalue weighted by atomic mass is 32.1. The molecule has 3 rings (SSSR count). The van der Waals surface area contributed by atoms with Crippen LogP contribution in [0.25, 0.3) is 0 Å². The lowest BCUT2D eigenvalue weighted by Crippen LogP contribution is -2.28. The van der Waals surface area contributed by atoms with Gasteiger partial charge in [-0.2, -0.15) is 0 Å². The molecule has 0 unspecified atom stereocenters. The summed E-state index contributed by atoms with van der Waals surface area (Å²) >= 11 is 1.34. The maximum Gasteiger partial charge on any atom is 0.341 e. The molecule has 1 aromatic carbocycles. The molecule has 29 heavy (non-hydrogen) atoms. The van der Waals surface area contributed by atoms with Crippen molar-refractivity contribution in [3.63, 3.8) is 0 Å². The van der Waals surface area contributed by atoms with E-state index in [2.05, 4.69) is 10.6 Å². The first-order valence-electron chi connectivity index (χ1n) is 9.93. The standard InChI is InChI=1S/C22H26N2O4S/c1-3-28-22(27)18-12-14(2)29-21(18)24-20(26)17-10-8-15(9-11-17)13-23-19(25)16-6-4-5-7-16/h8-12,16H,3-7,13H2,1-2H3,(H,23,25)(H,24,26). The molecule has 0 aliphatic heterocycles. The van der Waals surface area contributed by atoms with E-state index in [4.69, 9.17) is 4.74 Å². The van der Waals surface area contributed by atoms with E-state index < -0.39 is 5.97 Å². The predicted octanol–water partition coefficient (Wildman–Crippen LogP) is 4.29. The highest BCUT2D eigenvalue weighted by Crippen LogP contribution is 2.29. The van der Waals surface area contributed by atoms with Crippen molar-refractivity contribution >= 4 is 34.1 Å². The minimum atomic E-state index is -0.444. The summed E-state index contributed by atoms with van der Waals surface area (Å²) in [7, 11) is 0. The zero-order valence-electron chi connectivity index (χ0n) is 16.7. The van der Waals surface area contributed by atoms with Crippen LogP contribution >= 0.6 is 11.3 Å². The predicted molar refractivity (Wildman–Crippen MR) is 113 cm³/mol. The van der Waals surface area contributed by atoms with E-state index in [1.54, 1.807) is 25.1 Å². The van der Waals surface area contributed by atoms with E-state index >= 15 is 0 Å². The number of hydrogen-bond acceptors (Lipinski definition) is 5. The minimum Gasteiger partial charge on any atom is -0.462 e. The number of carbonyl (C=O) groups is 3. The Bertz CT molecular complexity index is 883. The summed E-state index contributed by atoms with van der Waals surface area (Å²) in [5.41, 5.74) is 1.79. The Kier molecular flexibility index (Phi) is 7.04. The van der Waals surface area contributed by atoms with E-state index in [9.17, 15) is 14.4 Å². The van der Waals surface area contributed by atoms with Gasteiger partial charge >= 0.3 is 5.97 Å². The van der Waals surface area contributed by atoms with Gasteiger partial charge in [-0.25, -0.2) is 4.79 Å². The molecule has 1 heterocycles. The molecule has 0 atom stereocenters. The second kappa shape index (κ2) is 9.69. The molecule has 1 aliphatic carbocycles. The smallest absolute Gasteiger partial charge is 0.341 e. The monoisotopic (exact) mass is 414 g/mol. The van der Waals surface area contributed by atoms with E-state index in [1.807, 2.05) is 19.1 Å². The topological polar surface area (TPSA) is 84.5 Å². The van der Waals surface area contributed by atoms with Gasteiger partial charge in [-0.05, 0) is 50.5 Å². The van der Waals surface area contributed by atoms with Gasteiger partial charge in [0.05, 0.1) is 12.2 Å². The van der Waals surface area contributed by atoms with Crippen LogP contribution in [-0.2, 0) is 16.1 Å². The average Bonchev–Trinajstić information content (AvgIpc) is 3.36. The second-order valence-corrected chi connectivity index (χ2v) is 8.43. The number of amides is 2. The molecule has 2 aromatic rings. The molecule has 7 heteroatoms. The fraction of sp³-hybridized carbons (Fsp3) is 0.409. The van der Waals surface area contributed by atoms with Gasteiger partial charge in [-0.15, -0.1) is 11.3 Å². The number of esters is 1. The molecule has 0 bridgehead atoms. The second-order valence-electron chi connectivity index (χ2n) is 7.17. The van der Waals surface area contributed by atoms with Crippen LogP contribution in [0.1, 0.15) is 63.8 Å². The maximum atomic E-state index is 12.6. The van der Waals surface area contributed by atoms with Crippen LogP contribution in [0.4, 0.5) is 5.00 Å². The quantitative estimate of drug-likeness (QED) is 0.662. The summed E-state index contributed by atoms with van der Waals surface area (Å²) in [5.74, 6) is -0.480. The highest BCUT2D eigenvalue weighted by molar-refractivity contribution is 7.16. The number of rotatable bonds is 7. The van der Waals surface area contributed by atoms with E-state index in [-0.39, 0.29) is 24.3 Å². The van der Waals surface area contributed by atoms with Crippen LogP contribution in [0.15, 0.2) is 30.3 Å². The lowest BCUT2D eigenvalue weighted by Gasteiger charge is -2.11. The van der Waals surface area contributed by atoms with Crippen LogP contribution in [0.5, 0.6) is 0 Å². The van der Waals surface area contributed by atoms with Crippen LogP contribution in [0.2, 0.25) is 0 Å². The number of nitrogens with one attached hydrogen (secondary N) is 2. The Balaban J connectivity index is 1.59. The fourth-order valence-electron chi connectivity index (χ4n) is 3.44. The first-order valence-corrected chi connectivity index (χ1v) is 10.7. The van der Waals surface area contributed by atoms with Crippen molar-refractivity contribution in [3.05, 3.63) is 51.9 Å². The number of ether oxygens (including phenoxy) is 1. The Hall–Kier alpha value is -2.67. The van der Waals surface area contributed by atoms with Gasteiger partial charge < -0.3 is 15.4 Å². The van der Waals surface area contributed by atoms with Gasteiger partial charge in [0, 0.05) is 22.9 Å². The highest BCUT2D eigenvalue weighted by Gasteiger charge is 2.22. The van der Waals surface area contributed by atoms with Gasteiger partial charge in [0.25, 0.3) is 5.91 Å². The molecule has 1 fully saturated rings. The summed E-state index contributed by atoms with van der Waals surface area (Å²) < 4.78 is 5.05. The number of thiophene rings is 1. The van der Waals surface area contributed by atoms with Gasteiger partial charge in [0.1, 0.15) is 5.00 Å². The molecule has 0 spiro atoms. The molecule has 6 nitrogen and oxygen atoms in total. The Morgan fingerprint density at radius 2 is 1.83 bits per heavy atom. The SMILES string of the molecule is CCOC(=O)c1cc(C)sc1NC(=O)c1ccc(CNC(=O)C2CCCC2)cc1. The van der Waals surface area contributed by atoms with E-state index in [0.717, 1.165) is 36.1 Å². The Labute approximate surface area is 174 Å². The molecule has 2 N–H and O–H groups in total. The summed E-state index contributed by atoms with van der Waals surface area (Å²) in [6.45, 7) is 4.35. The molecule has 0 saturated heterocycles. The third-order valence-corrected chi connectivity index (χ3v) is 5.95. The third-order valence-electron chi connectivity index (χ3n) is 4.99. The Morgan fingerprint density at radius 1 is 1.14 bits per heavy atom. The van der Waals surface area contributed by atoms with Crippen LogP contribution in [0, 0.1) is 12.8 Å². The summed E-state index contributed by atoms with van der Waals surface area (Å²) in [5, 5.41) is 6.26. The lowest BCUT2D eigenvalue weighted by molar-refractivity contribution is -0.124. The van der Waals surface area contributed by atoms with Crippen molar-refractivity contribution in [1.29, 1.82) is 0 Å². The first-order chi connectivity index (χ1) is 14.0. The minimum absolute atomic E-state index is 0.115. The van der Waals surface area contributed by atoms with Gasteiger partial charge in [-0.3, -0.25) is 9.59 Å². The molecule has 154 valence electrons. The molecule has 2 amide bonds.